The number of benzene rings is 1. The van der Waals surface area contributed by atoms with Crippen LogP contribution >= 0.6 is 0 Å². The number of likely N-dealkylation sites (N-methyl/N-ethyl adjacent to an activating group) is 1. The molecule has 21 heavy (non-hydrogen) atoms. The highest BCUT2D eigenvalue weighted by atomic mass is 16.6. The maximum Gasteiger partial charge on any atom is 0.306 e. The predicted octanol–water partition coefficient (Wildman–Crippen LogP) is 1.60. The number of hydrogen-bond acceptors (Lipinski definition) is 5. The number of rotatable bonds is 6. The van der Waals surface area contributed by atoms with Crippen LogP contribution in [0.3, 0.4) is 0 Å². The highest BCUT2D eigenvalue weighted by Gasteiger charge is 2.13. The number of aliphatic hydroxyl groups excluding tert-OH is 1. The summed E-state index contributed by atoms with van der Waals surface area (Å²) in [5.41, 5.74) is 2.09. The zero-order valence-corrected chi connectivity index (χ0v) is 12.0. The normalized spacial score (nSPS) is 12.1. The molecule has 1 N–H and O–H groups in total. The van der Waals surface area contributed by atoms with Crippen LogP contribution in [-0.2, 0) is 6.54 Å². The van der Waals surface area contributed by atoms with Crippen molar-refractivity contribution in [2.24, 2.45) is 0 Å². The van der Waals surface area contributed by atoms with Crippen molar-refractivity contribution in [1.29, 1.82) is 0 Å². The van der Waals surface area contributed by atoms with Crippen molar-refractivity contribution in [3.8, 4) is 0 Å². The van der Waals surface area contributed by atoms with Gasteiger partial charge in [0, 0.05) is 19.3 Å². The average Bonchev–Trinajstić information content (AvgIpc) is 2.87. The molecule has 0 aliphatic heterocycles. The van der Waals surface area contributed by atoms with Crippen molar-refractivity contribution in [3.05, 3.63) is 52.3 Å². The third kappa shape index (κ3) is 4.03. The van der Waals surface area contributed by atoms with Crippen molar-refractivity contribution in [1.82, 2.24) is 9.78 Å². The van der Waals surface area contributed by atoms with E-state index in [4.69, 9.17) is 0 Å². The lowest BCUT2D eigenvalue weighted by atomic mass is 10.2. The molecule has 0 amide bonds. The van der Waals surface area contributed by atoms with E-state index < -0.39 is 11.0 Å². The van der Waals surface area contributed by atoms with Gasteiger partial charge < -0.3 is 10.0 Å². The topological polar surface area (TPSA) is 84.4 Å². The van der Waals surface area contributed by atoms with Gasteiger partial charge in [0.05, 0.1) is 17.6 Å². The van der Waals surface area contributed by atoms with E-state index in [9.17, 15) is 15.2 Å². The average molecular weight is 290 g/mol. The number of anilines is 1. The van der Waals surface area contributed by atoms with Crippen LogP contribution in [-0.4, -0.2) is 39.5 Å². The van der Waals surface area contributed by atoms with Crippen LogP contribution < -0.4 is 4.90 Å². The van der Waals surface area contributed by atoms with Gasteiger partial charge in [0.15, 0.2) is 0 Å². The summed E-state index contributed by atoms with van der Waals surface area (Å²) < 4.78 is 1.38. The molecule has 0 fully saturated rings. The molecule has 0 aliphatic rings. The summed E-state index contributed by atoms with van der Waals surface area (Å²) in [7, 11) is 1.89. The van der Waals surface area contributed by atoms with Crippen LogP contribution in [0.5, 0.6) is 0 Å². The molecule has 2 aromatic rings. The van der Waals surface area contributed by atoms with Gasteiger partial charge in [-0.15, -0.1) is 0 Å². The summed E-state index contributed by atoms with van der Waals surface area (Å²) in [6.07, 6.45) is 1.82. The second-order valence-corrected chi connectivity index (χ2v) is 5.05. The molecule has 112 valence electrons. The van der Waals surface area contributed by atoms with Gasteiger partial charge in [0.2, 0.25) is 0 Å². The lowest BCUT2D eigenvalue weighted by Crippen LogP contribution is -2.32. The highest BCUT2D eigenvalue weighted by molar-refractivity contribution is 5.47. The molecule has 0 spiro atoms. The Morgan fingerprint density at radius 3 is 2.90 bits per heavy atom. The first-order valence-corrected chi connectivity index (χ1v) is 6.58. The lowest BCUT2D eigenvalue weighted by Gasteiger charge is -2.23. The summed E-state index contributed by atoms with van der Waals surface area (Å²) in [5.74, 6) is 0. The first-order valence-electron chi connectivity index (χ1n) is 6.58. The second-order valence-electron chi connectivity index (χ2n) is 5.05. The third-order valence-corrected chi connectivity index (χ3v) is 3.16. The molecular formula is C14H18N4O3. The standard InChI is InChI=1S/C14H18N4O3/c1-11-4-3-5-12(6-11)16(2)9-14(19)10-17-8-13(7-15-17)18(20)21/h3-8,14,19H,9-10H2,1-2H3. The molecule has 1 aromatic carbocycles. The van der Waals surface area contributed by atoms with Crippen molar-refractivity contribution < 1.29 is 10.0 Å². The van der Waals surface area contributed by atoms with Gasteiger partial charge in [-0.3, -0.25) is 14.8 Å². The molecule has 0 radical (unpaired) electrons. The largest absolute Gasteiger partial charge is 0.389 e. The minimum absolute atomic E-state index is 0.0748. The van der Waals surface area contributed by atoms with Gasteiger partial charge >= 0.3 is 5.69 Å². The fourth-order valence-corrected chi connectivity index (χ4v) is 2.11. The molecule has 0 saturated heterocycles. The first-order chi connectivity index (χ1) is 9.95. The van der Waals surface area contributed by atoms with Gasteiger partial charge in [-0.05, 0) is 24.6 Å². The molecule has 1 unspecified atom stereocenters. The van der Waals surface area contributed by atoms with Gasteiger partial charge in [0.1, 0.15) is 12.4 Å². The third-order valence-electron chi connectivity index (χ3n) is 3.16. The maximum absolute atomic E-state index is 10.6. The van der Waals surface area contributed by atoms with Gasteiger partial charge in [-0.1, -0.05) is 12.1 Å². The second kappa shape index (κ2) is 6.36. The molecule has 0 saturated carbocycles. The number of hydrogen-bond donors (Lipinski definition) is 1. The smallest absolute Gasteiger partial charge is 0.306 e. The number of aryl methyl sites for hydroxylation is 1. The summed E-state index contributed by atoms with van der Waals surface area (Å²) in [5, 5.41) is 24.5. The van der Waals surface area contributed by atoms with E-state index in [1.54, 1.807) is 0 Å². The van der Waals surface area contributed by atoms with Crippen molar-refractivity contribution in [2.45, 2.75) is 19.6 Å². The van der Waals surface area contributed by atoms with E-state index >= 15 is 0 Å². The van der Waals surface area contributed by atoms with E-state index in [0.717, 1.165) is 11.3 Å². The molecule has 1 atom stereocenters. The van der Waals surface area contributed by atoms with E-state index in [1.807, 2.05) is 43.1 Å². The molecule has 1 aromatic heterocycles. The van der Waals surface area contributed by atoms with E-state index in [-0.39, 0.29) is 12.2 Å². The Morgan fingerprint density at radius 2 is 2.29 bits per heavy atom. The number of nitro groups is 1. The minimum atomic E-state index is -0.671. The number of nitrogens with zero attached hydrogens (tertiary/aromatic N) is 4. The van der Waals surface area contributed by atoms with Gasteiger partial charge in [0.25, 0.3) is 0 Å². The maximum atomic E-state index is 10.6. The van der Waals surface area contributed by atoms with E-state index in [0.29, 0.717) is 6.54 Å². The van der Waals surface area contributed by atoms with Gasteiger partial charge in [-0.2, -0.15) is 5.10 Å². The summed E-state index contributed by atoms with van der Waals surface area (Å²) in [6, 6.07) is 7.98. The zero-order chi connectivity index (χ0) is 15.4. The van der Waals surface area contributed by atoms with E-state index in [1.165, 1.54) is 17.1 Å². The molecule has 0 bridgehead atoms. The number of aliphatic hydroxyl groups is 1. The highest BCUT2D eigenvalue weighted by Crippen LogP contribution is 2.15. The van der Waals surface area contributed by atoms with Crippen LogP contribution in [0.4, 0.5) is 11.4 Å². The molecular weight excluding hydrogens is 272 g/mol. The Bertz CT molecular complexity index is 626. The molecule has 0 aliphatic carbocycles. The fraction of sp³-hybridized carbons (Fsp3) is 0.357. The zero-order valence-electron chi connectivity index (χ0n) is 12.0. The Kier molecular flexibility index (Phi) is 4.54. The van der Waals surface area contributed by atoms with Crippen molar-refractivity contribution >= 4 is 11.4 Å². The quantitative estimate of drug-likeness (QED) is 0.645. The van der Waals surface area contributed by atoms with E-state index in [2.05, 4.69) is 5.10 Å². The fourth-order valence-electron chi connectivity index (χ4n) is 2.11. The monoisotopic (exact) mass is 290 g/mol. The SMILES string of the molecule is Cc1cccc(N(C)CC(O)Cn2cc([N+](=O)[O-])cn2)c1. The lowest BCUT2D eigenvalue weighted by molar-refractivity contribution is -0.385. The minimum Gasteiger partial charge on any atom is -0.389 e. The van der Waals surface area contributed by atoms with Crippen LogP contribution in [0.25, 0.3) is 0 Å². The Hall–Kier alpha value is -2.41. The Balaban J connectivity index is 1.94. The van der Waals surface area contributed by atoms with Crippen molar-refractivity contribution in [2.75, 3.05) is 18.5 Å². The molecule has 2 rings (SSSR count). The molecule has 1 heterocycles. The molecule has 7 nitrogen and oxygen atoms in total. The predicted molar refractivity (Wildman–Crippen MR) is 79.3 cm³/mol. The van der Waals surface area contributed by atoms with Crippen LogP contribution in [0.1, 0.15) is 5.56 Å². The Labute approximate surface area is 122 Å². The molecule has 7 heteroatoms. The Morgan fingerprint density at radius 1 is 1.52 bits per heavy atom. The summed E-state index contributed by atoms with van der Waals surface area (Å²) >= 11 is 0. The van der Waals surface area contributed by atoms with Crippen molar-refractivity contribution in [3.63, 3.8) is 0 Å². The van der Waals surface area contributed by atoms with Crippen LogP contribution in [0, 0.1) is 17.0 Å². The summed E-state index contributed by atoms with van der Waals surface area (Å²) in [4.78, 5) is 12.0. The first kappa shape index (κ1) is 15.0. The van der Waals surface area contributed by atoms with Gasteiger partial charge in [-0.25, -0.2) is 0 Å². The van der Waals surface area contributed by atoms with Crippen LogP contribution in [0.15, 0.2) is 36.7 Å². The summed E-state index contributed by atoms with van der Waals surface area (Å²) in [6.45, 7) is 2.64. The van der Waals surface area contributed by atoms with Crippen LogP contribution in [0.2, 0.25) is 0 Å². The number of aromatic nitrogens is 2.